The van der Waals surface area contributed by atoms with Gasteiger partial charge in [0.1, 0.15) is 5.69 Å². The van der Waals surface area contributed by atoms with E-state index in [2.05, 4.69) is 74.2 Å². The van der Waals surface area contributed by atoms with Crippen LogP contribution in [-0.2, 0) is 18.6 Å². The van der Waals surface area contributed by atoms with E-state index in [1.165, 1.54) is 5.56 Å². The number of nitrogens with one attached hydrogen (secondary N) is 1. The molecule has 2 N–H and O–H groups in total. The number of aromatic nitrogens is 2. The lowest BCUT2D eigenvalue weighted by Crippen LogP contribution is -2.35. The molecule has 3 rings (SSSR count). The van der Waals surface area contributed by atoms with Crippen LogP contribution in [0, 0.1) is 0 Å². The zero-order valence-corrected chi connectivity index (χ0v) is 19.0. The van der Waals surface area contributed by atoms with E-state index < -0.39 is 0 Å². The molecule has 1 amide bonds. The highest BCUT2D eigenvalue weighted by molar-refractivity contribution is 5.92. The average molecular weight is 413 g/mol. The van der Waals surface area contributed by atoms with Crippen LogP contribution in [0.4, 0.5) is 0 Å². The maximum absolute atomic E-state index is 12.7. The molecule has 1 aromatic heterocycles. The number of likely N-dealkylation sites (tertiary alicyclic amines) is 1. The molecule has 1 aromatic carbocycles. The lowest BCUT2D eigenvalue weighted by atomic mass is 10.1. The maximum Gasteiger partial charge on any atom is 0.272 e. The number of hydrogen-bond acceptors (Lipinski definition) is 4. The quantitative estimate of drug-likeness (QED) is 0.760. The van der Waals surface area contributed by atoms with Gasteiger partial charge in [-0.1, -0.05) is 38.1 Å². The predicted octanol–water partition coefficient (Wildman–Crippen LogP) is 3.65. The minimum Gasteiger partial charge on any atom is -0.393 e. The van der Waals surface area contributed by atoms with Crippen molar-refractivity contribution in [1.82, 2.24) is 20.0 Å². The number of piperidine rings is 1. The summed E-state index contributed by atoms with van der Waals surface area (Å²) in [6, 6.07) is 10.3. The number of amides is 1. The van der Waals surface area contributed by atoms with Gasteiger partial charge in [0.25, 0.3) is 5.91 Å². The van der Waals surface area contributed by atoms with Crippen LogP contribution in [0.25, 0.3) is 0 Å². The molecule has 1 aliphatic heterocycles. The SMILES string of the molecule is CC(C)c1cc(C(=O)NCc2ccc(CN3CCC(O)CC3)cc2)nn1C(C)(C)C. The Morgan fingerprint density at radius 1 is 1.17 bits per heavy atom. The number of hydrogen-bond donors (Lipinski definition) is 2. The van der Waals surface area contributed by atoms with E-state index in [9.17, 15) is 9.90 Å². The highest BCUT2D eigenvalue weighted by atomic mass is 16.3. The molecule has 1 aliphatic rings. The Kier molecular flexibility index (Phi) is 6.98. The Morgan fingerprint density at radius 3 is 2.30 bits per heavy atom. The number of aliphatic hydroxyl groups excluding tert-OH is 1. The van der Waals surface area contributed by atoms with Crippen LogP contribution in [0.15, 0.2) is 30.3 Å². The summed E-state index contributed by atoms with van der Waals surface area (Å²) in [5, 5.41) is 17.2. The normalized spacial score (nSPS) is 16.2. The largest absolute Gasteiger partial charge is 0.393 e. The van der Waals surface area contributed by atoms with Crippen molar-refractivity contribution in [2.24, 2.45) is 0 Å². The summed E-state index contributed by atoms with van der Waals surface area (Å²) in [5.74, 6) is 0.157. The summed E-state index contributed by atoms with van der Waals surface area (Å²) >= 11 is 0. The van der Waals surface area contributed by atoms with E-state index in [1.54, 1.807) is 0 Å². The van der Waals surface area contributed by atoms with Crippen molar-refractivity contribution in [3.63, 3.8) is 0 Å². The average Bonchev–Trinajstić information content (AvgIpc) is 3.15. The standard InChI is InChI=1S/C24H36N4O2/c1-17(2)22-14-21(26-28(22)24(3,4)5)23(30)25-15-18-6-8-19(9-7-18)16-27-12-10-20(29)11-13-27/h6-9,14,17,20,29H,10-13,15-16H2,1-5H3,(H,25,30). The highest BCUT2D eigenvalue weighted by Gasteiger charge is 2.23. The first kappa shape index (κ1) is 22.5. The Labute approximate surface area is 180 Å². The van der Waals surface area contributed by atoms with Gasteiger partial charge in [-0.15, -0.1) is 0 Å². The van der Waals surface area contributed by atoms with Crippen LogP contribution in [-0.4, -0.2) is 44.9 Å². The van der Waals surface area contributed by atoms with Crippen LogP contribution < -0.4 is 5.32 Å². The van der Waals surface area contributed by atoms with Gasteiger partial charge in [0.15, 0.2) is 0 Å². The molecule has 0 radical (unpaired) electrons. The van der Waals surface area contributed by atoms with Crippen molar-refractivity contribution in [3.8, 4) is 0 Å². The minimum atomic E-state index is -0.166. The predicted molar refractivity (Wildman–Crippen MR) is 119 cm³/mol. The smallest absolute Gasteiger partial charge is 0.272 e. The summed E-state index contributed by atoms with van der Waals surface area (Å²) in [4.78, 5) is 15.1. The van der Waals surface area contributed by atoms with Crippen LogP contribution in [0.5, 0.6) is 0 Å². The molecule has 0 spiro atoms. The molecule has 0 atom stereocenters. The summed E-state index contributed by atoms with van der Waals surface area (Å²) in [7, 11) is 0. The number of benzene rings is 1. The van der Waals surface area contributed by atoms with Gasteiger partial charge < -0.3 is 10.4 Å². The van der Waals surface area contributed by atoms with Gasteiger partial charge >= 0.3 is 0 Å². The van der Waals surface area contributed by atoms with E-state index in [0.717, 1.165) is 43.7 Å². The molecule has 1 fully saturated rings. The Hall–Kier alpha value is -2.18. The highest BCUT2D eigenvalue weighted by Crippen LogP contribution is 2.23. The summed E-state index contributed by atoms with van der Waals surface area (Å²) < 4.78 is 1.96. The molecule has 0 unspecified atom stereocenters. The molecule has 30 heavy (non-hydrogen) atoms. The van der Waals surface area contributed by atoms with Gasteiger partial charge in [0.2, 0.25) is 0 Å². The Morgan fingerprint density at radius 2 is 1.77 bits per heavy atom. The van der Waals surface area contributed by atoms with E-state index in [-0.39, 0.29) is 17.6 Å². The maximum atomic E-state index is 12.7. The third-order valence-corrected chi connectivity index (χ3v) is 5.64. The Bertz CT molecular complexity index is 841. The minimum absolute atomic E-state index is 0.140. The van der Waals surface area contributed by atoms with Crippen molar-refractivity contribution in [2.45, 2.75) is 78.1 Å². The second-order valence-electron chi connectivity index (χ2n) is 9.70. The Balaban J connectivity index is 1.57. The monoisotopic (exact) mass is 412 g/mol. The number of aliphatic hydroxyl groups is 1. The third kappa shape index (κ3) is 5.70. The van der Waals surface area contributed by atoms with Crippen molar-refractivity contribution >= 4 is 5.91 Å². The lowest BCUT2D eigenvalue weighted by molar-refractivity contribution is 0.0792. The summed E-state index contributed by atoms with van der Waals surface area (Å²) in [5.41, 5.74) is 3.70. The van der Waals surface area contributed by atoms with E-state index in [4.69, 9.17) is 0 Å². The molecular formula is C24H36N4O2. The van der Waals surface area contributed by atoms with Crippen molar-refractivity contribution in [3.05, 3.63) is 52.8 Å². The van der Waals surface area contributed by atoms with E-state index in [0.29, 0.717) is 18.2 Å². The third-order valence-electron chi connectivity index (χ3n) is 5.64. The molecule has 0 aliphatic carbocycles. The molecule has 0 saturated carbocycles. The zero-order valence-electron chi connectivity index (χ0n) is 19.0. The molecule has 164 valence electrons. The van der Waals surface area contributed by atoms with Crippen LogP contribution in [0.2, 0.25) is 0 Å². The molecule has 1 saturated heterocycles. The van der Waals surface area contributed by atoms with E-state index >= 15 is 0 Å². The lowest BCUT2D eigenvalue weighted by Gasteiger charge is -2.29. The molecule has 6 nitrogen and oxygen atoms in total. The summed E-state index contributed by atoms with van der Waals surface area (Å²) in [6.45, 7) is 13.8. The molecular weight excluding hydrogens is 376 g/mol. The number of nitrogens with zero attached hydrogens (tertiary/aromatic N) is 3. The number of rotatable bonds is 6. The van der Waals surface area contributed by atoms with Crippen LogP contribution in [0.3, 0.4) is 0 Å². The van der Waals surface area contributed by atoms with Crippen LogP contribution >= 0.6 is 0 Å². The molecule has 6 heteroatoms. The van der Waals surface area contributed by atoms with Gasteiger partial charge in [0, 0.05) is 31.9 Å². The second kappa shape index (κ2) is 9.31. The summed E-state index contributed by atoms with van der Waals surface area (Å²) in [6.07, 6.45) is 1.57. The first-order valence-electron chi connectivity index (χ1n) is 11.0. The number of carbonyl (C=O) groups excluding carboxylic acids is 1. The van der Waals surface area contributed by atoms with Gasteiger partial charge in [-0.2, -0.15) is 5.10 Å². The van der Waals surface area contributed by atoms with Gasteiger partial charge in [-0.3, -0.25) is 14.4 Å². The zero-order chi connectivity index (χ0) is 21.9. The molecule has 2 heterocycles. The van der Waals surface area contributed by atoms with Gasteiger partial charge in [-0.25, -0.2) is 0 Å². The molecule has 2 aromatic rings. The van der Waals surface area contributed by atoms with Crippen LogP contribution in [0.1, 0.15) is 80.7 Å². The van der Waals surface area contributed by atoms with Crippen molar-refractivity contribution < 1.29 is 9.90 Å². The van der Waals surface area contributed by atoms with E-state index in [1.807, 2.05) is 10.7 Å². The first-order valence-corrected chi connectivity index (χ1v) is 11.0. The fourth-order valence-corrected chi connectivity index (χ4v) is 3.83. The fraction of sp³-hybridized carbons (Fsp3) is 0.583. The van der Waals surface area contributed by atoms with Gasteiger partial charge in [-0.05, 0) is 56.7 Å². The topological polar surface area (TPSA) is 70.4 Å². The number of carbonyl (C=O) groups is 1. The second-order valence-corrected chi connectivity index (χ2v) is 9.70. The van der Waals surface area contributed by atoms with Crippen molar-refractivity contribution in [1.29, 1.82) is 0 Å². The first-order chi connectivity index (χ1) is 14.1. The van der Waals surface area contributed by atoms with Crippen molar-refractivity contribution in [2.75, 3.05) is 13.1 Å². The molecule has 0 bridgehead atoms. The fourth-order valence-electron chi connectivity index (χ4n) is 3.83. The van der Waals surface area contributed by atoms with Gasteiger partial charge in [0.05, 0.1) is 11.6 Å².